The molecule has 0 saturated carbocycles. The number of nitrogens with zero attached hydrogens (tertiary/aromatic N) is 1. The standard InChI is InChI=1S/C19H27N3O.HI/c1-20-19(22-17-11-15-9-10-18(17)23-15)21-12-14-7-4-6-13-5-2-3-8-16(13)14;/h2-3,5,8,14-15,17-18H,4,6-7,9-12H2,1H3,(H2,20,21,22);1H. The van der Waals surface area contributed by atoms with E-state index in [1.54, 1.807) is 0 Å². The van der Waals surface area contributed by atoms with Crippen molar-refractivity contribution in [2.24, 2.45) is 4.99 Å². The fourth-order valence-corrected chi connectivity index (χ4v) is 4.45. The molecule has 2 saturated heterocycles. The third-order valence-corrected chi connectivity index (χ3v) is 5.66. The van der Waals surface area contributed by atoms with Gasteiger partial charge in [-0.1, -0.05) is 24.3 Å². The molecule has 0 spiro atoms. The molecule has 0 radical (unpaired) electrons. The van der Waals surface area contributed by atoms with Gasteiger partial charge in [-0.05, 0) is 49.7 Å². The van der Waals surface area contributed by atoms with Gasteiger partial charge in [0.15, 0.2) is 5.96 Å². The summed E-state index contributed by atoms with van der Waals surface area (Å²) in [5.41, 5.74) is 3.04. The van der Waals surface area contributed by atoms with Crippen molar-refractivity contribution in [3.8, 4) is 0 Å². The second-order valence-corrected chi connectivity index (χ2v) is 7.10. The van der Waals surface area contributed by atoms with E-state index in [1.807, 2.05) is 7.05 Å². The zero-order valence-electron chi connectivity index (χ0n) is 14.3. The quantitative estimate of drug-likeness (QED) is 0.430. The van der Waals surface area contributed by atoms with Gasteiger partial charge in [-0.2, -0.15) is 0 Å². The molecule has 2 fully saturated rings. The largest absolute Gasteiger partial charge is 0.373 e. The van der Waals surface area contributed by atoms with Crippen LogP contribution in [0.4, 0.5) is 0 Å². The Hall–Kier alpha value is -0.820. The number of aliphatic imine (C=N–C) groups is 1. The molecule has 4 atom stereocenters. The minimum Gasteiger partial charge on any atom is -0.373 e. The van der Waals surface area contributed by atoms with Gasteiger partial charge in [-0.25, -0.2) is 0 Å². The van der Waals surface area contributed by atoms with E-state index >= 15 is 0 Å². The fourth-order valence-electron chi connectivity index (χ4n) is 4.45. The van der Waals surface area contributed by atoms with Crippen molar-refractivity contribution >= 4 is 29.9 Å². The SMILES string of the molecule is CN=C(NCC1CCCc2ccccc21)NC1CC2CCC1O2.I. The first-order chi connectivity index (χ1) is 11.3. The Kier molecular flexibility index (Phi) is 6.02. The maximum atomic E-state index is 5.93. The van der Waals surface area contributed by atoms with Gasteiger partial charge in [-0.15, -0.1) is 24.0 Å². The van der Waals surface area contributed by atoms with Crippen LogP contribution in [0, 0.1) is 0 Å². The maximum Gasteiger partial charge on any atom is 0.191 e. The van der Waals surface area contributed by atoms with Crippen LogP contribution in [0.1, 0.15) is 49.1 Å². The van der Waals surface area contributed by atoms with E-state index in [9.17, 15) is 0 Å². The van der Waals surface area contributed by atoms with Crippen molar-refractivity contribution in [1.29, 1.82) is 0 Å². The van der Waals surface area contributed by atoms with E-state index in [-0.39, 0.29) is 24.0 Å². The lowest BCUT2D eigenvalue weighted by atomic mass is 9.83. The molecule has 3 aliphatic rings. The van der Waals surface area contributed by atoms with Crippen LogP contribution in [0.15, 0.2) is 29.3 Å². The third-order valence-electron chi connectivity index (χ3n) is 5.66. The topological polar surface area (TPSA) is 45.7 Å². The van der Waals surface area contributed by atoms with Crippen LogP contribution in [-0.2, 0) is 11.2 Å². The summed E-state index contributed by atoms with van der Waals surface area (Å²) in [5.74, 6) is 1.52. The van der Waals surface area contributed by atoms with Gasteiger partial charge in [-0.3, -0.25) is 4.99 Å². The molecule has 1 aliphatic carbocycles. The van der Waals surface area contributed by atoms with E-state index < -0.39 is 0 Å². The van der Waals surface area contributed by atoms with Crippen molar-refractivity contribution < 1.29 is 4.74 Å². The normalized spacial score (nSPS) is 31.3. The van der Waals surface area contributed by atoms with Gasteiger partial charge in [0.1, 0.15) is 0 Å². The second kappa shape index (κ2) is 8.04. The second-order valence-electron chi connectivity index (χ2n) is 7.10. The number of guanidine groups is 1. The van der Waals surface area contributed by atoms with E-state index in [0.29, 0.717) is 24.2 Å². The predicted octanol–water partition coefficient (Wildman–Crippen LogP) is 3.21. The average Bonchev–Trinajstić information content (AvgIpc) is 3.21. The molecule has 0 aromatic heterocycles. The van der Waals surface area contributed by atoms with Gasteiger partial charge in [0.25, 0.3) is 0 Å². The molecule has 0 amide bonds. The molecule has 1 aromatic carbocycles. The van der Waals surface area contributed by atoms with Gasteiger partial charge in [0.2, 0.25) is 0 Å². The summed E-state index contributed by atoms with van der Waals surface area (Å²) in [6, 6.07) is 9.32. The molecule has 4 rings (SSSR count). The molecule has 132 valence electrons. The number of rotatable bonds is 3. The summed E-state index contributed by atoms with van der Waals surface area (Å²) in [6.07, 6.45) is 8.17. The molecule has 4 unspecified atom stereocenters. The summed E-state index contributed by atoms with van der Waals surface area (Å²) in [7, 11) is 1.86. The number of benzene rings is 1. The number of fused-ring (bicyclic) bond motifs is 3. The van der Waals surface area contributed by atoms with Crippen molar-refractivity contribution in [1.82, 2.24) is 10.6 Å². The highest BCUT2D eigenvalue weighted by atomic mass is 127. The Balaban J connectivity index is 0.00000169. The number of hydrogen-bond acceptors (Lipinski definition) is 2. The number of ether oxygens (including phenoxy) is 1. The van der Waals surface area contributed by atoms with Crippen LogP contribution in [0.5, 0.6) is 0 Å². The fraction of sp³-hybridized carbons (Fsp3) is 0.632. The lowest BCUT2D eigenvalue weighted by Gasteiger charge is -2.28. The Bertz CT molecular complexity index is 592. The van der Waals surface area contributed by atoms with Crippen LogP contribution in [-0.4, -0.2) is 37.8 Å². The number of nitrogens with one attached hydrogen (secondary N) is 2. The van der Waals surface area contributed by atoms with Crippen molar-refractivity contribution in [3.05, 3.63) is 35.4 Å². The Morgan fingerprint density at radius 2 is 2.12 bits per heavy atom. The van der Waals surface area contributed by atoms with Gasteiger partial charge >= 0.3 is 0 Å². The number of halogens is 1. The molecule has 2 N–H and O–H groups in total. The first-order valence-electron chi connectivity index (χ1n) is 9.04. The van der Waals surface area contributed by atoms with Crippen LogP contribution < -0.4 is 10.6 Å². The molecule has 24 heavy (non-hydrogen) atoms. The molecule has 2 heterocycles. The maximum absolute atomic E-state index is 5.93. The third kappa shape index (κ3) is 3.72. The molecular weight excluding hydrogens is 413 g/mol. The number of aryl methyl sites for hydroxylation is 1. The van der Waals surface area contributed by atoms with E-state index in [2.05, 4.69) is 39.9 Å². The lowest BCUT2D eigenvalue weighted by Crippen LogP contribution is -2.48. The summed E-state index contributed by atoms with van der Waals surface area (Å²) in [4.78, 5) is 4.41. The molecule has 1 aromatic rings. The molecule has 2 bridgehead atoms. The van der Waals surface area contributed by atoms with Crippen molar-refractivity contribution in [3.63, 3.8) is 0 Å². The van der Waals surface area contributed by atoms with Crippen LogP contribution >= 0.6 is 24.0 Å². The summed E-state index contributed by atoms with van der Waals surface area (Å²) < 4.78 is 5.93. The Labute approximate surface area is 161 Å². The Morgan fingerprint density at radius 1 is 1.25 bits per heavy atom. The minimum absolute atomic E-state index is 0. The van der Waals surface area contributed by atoms with Gasteiger partial charge in [0.05, 0.1) is 18.2 Å². The molecular formula is C19H28IN3O. The van der Waals surface area contributed by atoms with Crippen LogP contribution in [0.2, 0.25) is 0 Å². The molecule has 5 heteroatoms. The summed E-state index contributed by atoms with van der Waals surface area (Å²) in [6.45, 7) is 0.957. The molecule has 4 nitrogen and oxygen atoms in total. The minimum atomic E-state index is 0. The van der Waals surface area contributed by atoms with E-state index in [1.165, 1.54) is 43.2 Å². The van der Waals surface area contributed by atoms with Gasteiger partial charge in [0, 0.05) is 19.5 Å². The highest BCUT2D eigenvalue weighted by molar-refractivity contribution is 14.0. The number of hydrogen-bond donors (Lipinski definition) is 2. The van der Waals surface area contributed by atoms with Crippen LogP contribution in [0.25, 0.3) is 0 Å². The monoisotopic (exact) mass is 441 g/mol. The highest BCUT2D eigenvalue weighted by Gasteiger charge is 2.41. The summed E-state index contributed by atoms with van der Waals surface area (Å²) >= 11 is 0. The van der Waals surface area contributed by atoms with Crippen LogP contribution in [0.3, 0.4) is 0 Å². The highest BCUT2D eigenvalue weighted by Crippen LogP contribution is 2.34. The van der Waals surface area contributed by atoms with E-state index in [4.69, 9.17) is 4.74 Å². The van der Waals surface area contributed by atoms with Gasteiger partial charge < -0.3 is 15.4 Å². The predicted molar refractivity (Wildman–Crippen MR) is 108 cm³/mol. The Morgan fingerprint density at radius 3 is 2.88 bits per heavy atom. The lowest BCUT2D eigenvalue weighted by molar-refractivity contribution is 0.0992. The zero-order chi connectivity index (χ0) is 15.6. The van der Waals surface area contributed by atoms with E-state index in [0.717, 1.165) is 18.9 Å². The van der Waals surface area contributed by atoms with Crippen molar-refractivity contribution in [2.45, 2.75) is 62.7 Å². The average molecular weight is 441 g/mol. The first kappa shape index (κ1) is 18.0. The first-order valence-corrected chi connectivity index (χ1v) is 9.04. The summed E-state index contributed by atoms with van der Waals surface area (Å²) in [5, 5.41) is 7.12. The zero-order valence-corrected chi connectivity index (χ0v) is 16.7. The smallest absolute Gasteiger partial charge is 0.191 e. The molecule has 2 aliphatic heterocycles. The van der Waals surface area contributed by atoms with Crippen molar-refractivity contribution in [2.75, 3.05) is 13.6 Å².